The minimum atomic E-state index is -0.0540. The van der Waals surface area contributed by atoms with Crippen LogP contribution in [-0.2, 0) is 7.05 Å². The van der Waals surface area contributed by atoms with Crippen LogP contribution in [0.5, 0.6) is 0 Å². The van der Waals surface area contributed by atoms with Crippen molar-refractivity contribution in [3.8, 4) is 0 Å². The van der Waals surface area contributed by atoms with E-state index in [-0.39, 0.29) is 5.56 Å². The van der Waals surface area contributed by atoms with Gasteiger partial charge in [0.2, 0.25) is 0 Å². The molecule has 0 N–H and O–H groups in total. The Morgan fingerprint density at radius 3 is 2.92 bits per heavy atom. The lowest BCUT2D eigenvalue weighted by molar-refractivity contribution is 0.872. The summed E-state index contributed by atoms with van der Waals surface area (Å²) >= 11 is 5.69. The number of aryl methyl sites for hydroxylation is 1. The van der Waals surface area contributed by atoms with Crippen molar-refractivity contribution in [3.05, 3.63) is 39.9 Å². The van der Waals surface area contributed by atoms with Gasteiger partial charge in [-0.3, -0.25) is 4.79 Å². The molecule has 0 amide bonds. The Hall–Kier alpha value is -1.35. The summed E-state index contributed by atoms with van der Waals surface area (Å²) in [6.07, 6.45) is 1.67. The van der Waals surface area contributed by atoms with E-state index in [0.717, 1.165) is 0 Å². The van der Waals surface area contributed by atoms with Crippen LogP contribution in [0.3, 0.4) is 0 Å². The third-order valence-electron chi connectivity index (χ3n) is 1.90. The predicted molar refractivity (Wildman–Crippen MR) is 52.0 cm³/mol. The molecular formula is C9H7ClN2O. The van der Waals surface area contributed by atoms with Crippen LogP contribution in [0.4, 0.5) is 0 Å². The van der Waals surface area contributed by atoms with Gasteiger partial charge in [-0.05, 0) is 18.2 Å². The van der Waals surface area contributed by atoms with Gasteiger partial charge >= 0.3 is 0 Å². The lowest BCUT2D eigenvalue weighted by atomic mass is 10.3. The summed E-state index contributed by atoms with van der Waals surface area (Å²) in [6, 6.07) is 5.07. The zero-order chi connectivity index (χ0) is 9.42. The Bertz CT molecular complexity index is 518. The molecule has 2 rings (SSSR count). The van der Waals surface area contributed by atoms with Gasteiger partial charge < -0.3 is 4.57 Å². The number of nitrogens with zero attached hydrogens (tertiary/aromatic N) is 2. The molecule has 4 heteroatoms. The van der Waals surface area contributed by atoms with E-state index < -0.39 is 0 Å². The summed E-state index contributed by atoms with van der Waals surface area (Å²) in [6.45, 7) is 0. The summed E-state index contributed by atoms with van der Waals surface area (Å²) in [5.41, 5.74) is 0.581. The van der Waals surface area contributed by atoms with Crippen LogP contribution in [0.1, 0.15) is 0 Å². The van der Waals surface area contributed by atoms with E-state index in [4.69, 9.17) is 11.6 Å². The molecule has 0 radical (unpaired) electrons. The maximum atomic E-state index is 11.5. The SMILES string of the molecule is Cn1ccc2nc(Cl)ccc2c1=O. The van der Waals surface area contributed by atoms with Crippen LogP contribution in [0.2, 0.25) is 5.15 Å². The van der Waals surface area contributed by atoms with E-state index in [2.05, 4.69) is 4.98 Å². The highest BCUT2D eigenvalue weighted by molar-refractivity contribution is 6.29. The maximum absolute atomic E-state index is 11.5. The molecule has 0 aliphatic heterocycles. The van der Waals surface area contributed by atoms with Crippen molar-refractivity contribution in [2.75, 3.05) is 0 Å². The van der Waals surface area contributed by atoms with Crippen molar-refractivity contribution in [3.63, 3.8) is 0 Å². The number of halogens is 1. The number of hydrogen-bond acceptors (Lipinski definition) is 2. The summed E-state index contributed by atoms with van der Waals surface area (Å²) < 4.78 is 1.51. The number of fused-ring (bicyclic) bond motifs is 1. The van der Waals surface area contributed by atoms with E-state index in [1.807, 2.05) is 0 Å². The van der Waals surface area contributed by atoms with Crippen LogP contribution in [0.25, 0.3) is 10.9 Å². The summed E-state index contributed by atoms with van der Waals surface area (Å²) in [5.74, 6) is 0. The van der Waals surface area contributed by atoms with Crippen molar-refractivity contribution in [2.45, 2.75) is 0 Å². The predicted octanol–water partition coefficient (Wildman–Crippen LogP) is 1.59. The van der Waals surface area contributed by atoms with Crippen LogP contribution >= 0.6 is 11.6 Å². The minimum absolute atomic E-state index is 0.0540. The zero-order valence-electron chi connectivity index (χ0n) is 6.99. The lowest BCUT2D eigenvalue weighted by Gasteiger charge is -1.99. The fraction of sp³-hybridized carbons (Fsp3) is 0.111. The van der Waals surface area contributed by atoms with Gasteiger partial charge in [0.25, 0.3) is 5.56 Å². The Balaban J connectivity index is 2.95. The molecule has 2 aromatic rings. The second-order valence-corrected chi connectivity index (χ2v) is 3.19. The molecular weight excluding hydrogens is 188 g/mol. The van der Waals surface area contributed by atoms with Crippen molar-refractivity contribution >= 4 is 22.5 Å². The molecule has 13 heavy (non-hydrogen) atoms. The van der Waals surface area contributed by atoms with E-state index in [1.165, 1.54) is 4.57 Å². The van der Waals surface area contributed by atoms with Gasteiger partial charge in [-0.25, -0.2) is 4.98 Å². The fourth-order valence-corrected chi connectivity index (χ4v) is 1.35. The second kappa shape index (κ2) is 2.85. The molecule has 0 unspecified atom stereocenters. The third kappa shape index (κ3) is 1.31. The monoisotopic (exact) mass is 194 g/mol. The lowest BCUT2D eigenvalue weighted by Crippen LogP contribution is -2.15. The van der Waals surface area contributed by atoms with Crippen LogP contribution in [0.15, 0.2) is 29.2 Å². The first-order valence-corrected chi connectivity index (χ1v) is 4.18. The van der Waals surface area contributed by atoms with Gasteiger partial charge in [0.15, 0.2) is 0 Å². The van der Waals surface area contributed by atoms with Crippen molar-refractivity contribution < 1.29 is 0 Å². The summed E-state index contributed by atoms with van der Waals surface area (Å²) in [4.78, 5) is 15.5. The van der Waals surface area contributed by atoms with E-state index in [1.54, 1.807) is 31.4 Å². The van der Waals surface area contributed by atoms with Crippen LogP contribution in [0, 0.1) is 0 Å². The first-order valence-electron chi connectivity index (χ1n) is 3.80. The van der Waals surface area contributed by atoms with Gasteiger partial charge in [-0.1, -0.05) is 11.6 Å². The smallest absolute Gasteiger partial charge is 0.259 e. The van der Waals surface area contributed by atoms with Crippen molar-refractivity contribution in [1.82, 2.24) is 9.55 Å². The molecule has 0 aliphatic carbocycles. The van der Waals surface area contributed by atoms with Gasteiger partial charge in [-0.2, -0.15) is 0 Å². The van der Waals surface area contributed by atoms with E-state index in [0.29, 0.717) is 16.1 Å². The fourth-order valence-electron chi connectivity index (χ4n) is 1.20. The quantitative estimate of drug-likeness (QED) is 0.597. The minimum Gasteiger partial charge on any atom is -0.318 e. The Morgan fingerprint density at radius 1 is 1.38 bits per heavy atom. The molecule has 0 aromatic carbocycles. The Kier molecular flexibility index (Phi) is 1.81. The molecule has 0 bridgehead atoms. The molecule has 3 nitrogen and oxygen atoms in total. The van der Waals surface area contributed by atoms with Gasteiger partial charge in [0, 0.05) is 13.2 Å². The molecule has 0 fully saturated rings. The topological polar surface area (TPSA) is 34.9 Å². The number of pyridine rings is 2. The first kappa shape index (κ1) is 8.26. The maximum Gasteiger partial charge on any atom is 0.259 e. The largest absolute Gasteiger partial charge is 0.318 e. The van der Waals surface area contributed by atoms with Crippen LogP contribution < -0.4 is 5.56 Å². The molecule has 2 heterocycles. The number of aromatic nitrogens is 2. The highest BCUT2D eigenvalue weighted by Crippen LogP contribution is 2.10. The first-order chi connectivity index (χ1) is 6.18. The van der Waals surface area contributed by atoms with Gasteiger partial charge in [-0.15, -0.1) is 0 Å². The molecule has 2 aromatic heterocycles. The Morgan fingerprint density at radius 2 is 2.15 bits per heavy atom. The van der Waals surface area contributed by atoms with Gasteiger partial charge in [0.05, 0.1) is 10.9 Å². The highest BCUT2D eigenvalue weighted by atomic mass is 35.5. The standard InChI is InChI=1S/C9H7ClN2O/c1-12-5-4-7-6(9(12)13)2-3-8(10)11-7/h2-5H,1H3. The molecule has 0 spiro atoms. The Labute approximate surface area is 79.6 Å². The van der Waals surface area contributed by atoms with E-state index in [9.17, 15) is 4.79 Å². The normalized spacial score (nSPS) is 10.6. The van der Waals surface area contributed by atoms with Crippen molar-refractivity contribution in [1.29, 1.82) is 0 Å². The average molecular weight is 195 g/mol. The molecule has 0 atom stereocenters. The van der Waals surface area contributed by atoms with Crippen molar-refractivity contribution in [2.24, 2.45) is 7.05 Å². The average Bonchev–Trinajstić information content (AvgIpc) is 2.12. The third-order valence-corrected chi connectivity index (χ3v) is 2.11. The summed E-state index contributed by atoms with van der Waals surface area (Å²) in [5, 5.41) is 0.996. The second-order valence-electron chi connectivity index (χ2n) is 2.80. The van der Waals surface area contributed by atoms with Crippen LogP contribution in [-0.4, -0.2) is 9.55 Å². The summed E-state index contributed by atoms with van der Waals surface area (Å²) in [7, 11) is 1.70. The molecule has 0 saturated carbocycles. The van der Waals surface area contributed by atoms with E-state index >= 15 is 0 Å². The zero-order valence-corrected chi connectivity index (χ0v) is 7.75. The highest BCUT2D eigenvalue weighted by Gasteiger charge is 2.00. The van der Waals surface area contributed by atoms with Gasteiger partial charge in [0.1, 0.15) is 5.15 Å². The number of rotatable bonds is 0. The molecule has 0 saturated heterocycles. The number of hydrogen-bond donors (Lipinski definition) is 0. The molecule has 66 valence electrons. The molecule has 0 aliphatic rings.